The smallest absolute Gasteiger partial charge is 0.0125 e. The molecule has 0 aliphatic rings. The highest BCUT2D eigenvalue weighted by atomic mass is 14.1. The summed E-state index contributed by atoms with van der Waals surface area (Å²) in [7, 11) is 0. The largest absolute Gasteiger partial charge is 0.0620 e. The number of aryl methyl sites for hydroxylation is 17. The van der Waals surface area contributed by atoms with Crippen LogP contribution in [0.25, 0.3) is 66.8 Å². The molecule has 0 amide bonds. The number of hydrogen-bond donors (Lipinski definition) is 0. The SMILES string of the molecule is Cc1ccc(-c2cccc(C)c2)cc1.Cc1cccc(-c2c(C)cc(C)cc2C)c1.Cc1cccc(-c2c(C)cccc2C)c1.Cc1cccc(-c2cc(C)cc(C)c2)c1.Cc1cccc(-c2ccc(C)cc2C)c1.Cc1ccccc1-c1ccccc1C. The van der Waals surface area contributed by atoms with Gasteiger partial charge in [0.05, 0.1) is 0 Å². The minimum atomic E-state index is 1.29. The van der Waals surface area contributed by atoms with Crippen LogP contribution in [0.2, 0.25) is 0 Å². The summed E-state index contributed by atoms with van der Waals surface area (Å²) in [5.74, 6) is 0. The third kappa shape index (κ3) is 20.1. The predicted octanol–water partition coefficient (Wildman–Crippen LogP) is 25.4. The van der Waals surface area contributed by atoms with E-state index in [0.717, 1.165) is 0 Å². The van der Waals surface area contributed by atoms with Crippen LogP contribution in [0.4, 0.5) is 0 Å². The summed E-state index contributed by atoms with van der Waals surface area (Å²) in [5.41, 5.74) is 38.6. The van der Waals surface area contributed by atoms with Crippen LogP contribution in [-0.2, 0) is 0 Å². The second kappa shape index (κ2) is 32.6. The van der Waals surface area contributed by atoms with Crippen molar-refractivity contribution in [3.8, 4) is 66.8 Å². The Morgan fingerprint density at radius 2 is 0.438 bits per heavy atom. The summed E-state index contributed by atoms with van der Waals surface area (Å²) in [5, 5.41) is 0. The van der Waals surface area contributed by atoms with Crippen molar-refractivity contribution in [3.05, 3.63) is 355 Å². The van der Waals surface area contributed by atoms with Crippen molar-refractivity contribution >= 4 is 0 Å². The fraction of sp³-hybridized carbons (Fsp3) is 0.191. The first-order chi connectivity index (χ1) is 42.6. The van der Waals surface area contributed by atoms with Crippen LogP contribution in [0.3, 0.4) is 0 Å². The highest BCUT2D eigenvalue weighted by molar-refractivity contribution is 5.74. The van der Waals surface area contributed by atoms with Gasteiger partial charge in [-0.05, 0) is 223 Å². The molecule has 12 aromatic carbocycles. The van der Waals surface area contributed by atoms with Crippen LogP contribution >= 0.6 is 0 Å². The van der Waals surface area contributed by atoms with Gasteiger partial charge < -0.3 is 0 Å². The van der Waals surface area contributed by atoms with Gasteiger partial charge in [-0.25, -0.2) is 0 Å². The van der Waals surface area contributed by atoms with E-state index in [4.69, 9.17) is 0 Å². The van der Waals surface area contributed by atoms with Gasteiger partial charge in [-0.1, -0.05) is 316 Å². The van der Waals surface area contributed by atoms with Gasteiger partial charge >= 0.3 is 0 Å². The lowest BCUT2D eigenvalue weighted by Crippen LogP contribution is -1.90. The number of rotatable bonds is 6. The standard InChI is InChI=1S/C16H18.3C15H16.2C14H14/c1-11-6-5-7-15(10-11)16-13(3)8-12(2)9-14(16)4;1-11-6-4-9-14(10-11)15-12(2)7-5-8-13(15)3;1-11-5-4-6-14(8-11)15-9-12(2)7-13(3)10-15;1-11-5-4-6-14(10-11)15-8-7-12(2)9-13(15)3;1-11-7-3-5-9-13(11)14-10-6-4-8-12(14)2;1-11-6-8-13(9-7-11)14-5-3-4-12(2)10-14/h5-10H,1-4H3;3*4-10H,1-3H3;2*3-10H,1-2H3. The van der Waals surface area contributed by atoms with Gasteiger partial charge in [-0.3, -0.25) is 0 Å². The first kappa shape index (κ1) is 67.2. The predicted molar refractivity (Wildman–Crippen MR) is 392 cm³/mol. The normalized spacial score (nSPS) is 10.3. The summed E-state index contributed by atoms with van der Waals surface area (Å²) in [6.45, 7) is 36.6. The monoisotopic (exact) mass is 1160 g/mol. The lowest BCUT2D eigenvalue weighted by molar-refractivity contribution is 1.31. The van der Waals surface area contributed by atoms with E-state index in [1.165, 1.54) is 161 Å². The van der Waals surface area contributed by atoms with Crippen LogP contribution in [0.15, 0.2) is 261 Å². The Bertz CT molecular complexity index is 4150. The van der Waals surface area contributed by atoms with Crippen LogP contribution in [0.5, 0.6) is 0 Å². The average Bonchev–Trinajstić information content (AvgIpc) is 2.03. The topological polar surface area (TPSA) is 0 Å². The van der Waals surface area contributed by atoms with E-state index in [9.17, 15) is 0 Å². The molecule has 0 nitrogen and oxygen atoms in total. The summed E-state index contributed by atoms with van der Waals surface area (Å²) in [4.78, 5) is 0. The Hall–Kier alpha value is -9.36. The maximum Gasteiger partial charge on any atom is -0.0125 e. The molecule has 0 aromatic heterocycles. The lowest BCUT2D eigenvalue weighted by atomic mass is 9.93. The van der Waals surface area contributed by atoms with Crippen molar-refractivity contribution < 1.29 is 0 Å². The zero-order chi connectivity index (χ0) is 64.1. The molecule has 450 valence electrons. The molecule has 0 aliphatic heterocycles. The number of hydrogen-bond acceptors (Lipinski definition) is 0. The number of benzene rings is 12. The molecular formula is C89H94. The molecule has 0 heteroatoms. The Morgan fingerprint density at radius 3 is 0.865 bits per heavy atom. The lowest BCUT2D eigenvalue weighted by Gasteiger charge is -2.12. The molecule has 0 atom stereocenters. The molecule has 0 radical (unpaired) electrons. The molecule has 0 aliphatic carbocycles. The molecule has 12 aromatic rings. The Labute approximate surface area is 536 Å². The van der Waals surface area contributed by atoms with Gasteiger partial charge in [0, 0.05) is 0 Å². The third-order valence-electron chi connectivity index (χ3n) is 16.0. The van der Waals surface area contributed by atoms with E-state index in [0.29, 0.717) is 0 Å². The van der Waals surface area contributed by atoms with Crippen molar-refractivity contribution in [3.63, 3.8) is 0 Å². The molecule has 0 fully saturated rings. The molecule has 12 rings (SSSR count). The van der Waals surface area contributed by atoms with Gasteiger partial charge in [0.15, 0.2) is 0 Å². The van der Waals surface area contributed by atoms with Gasteiger partial charge in [0.2, 0.25) is 0 Å². The van der Waals surface area contributed by atoms with Crippen LogP contribution < -0.4 is 0 Å². The molecule has 0 spiro atoms. The Morgan fingerprint density at radius 1 is 0.135 bits per heavy atom. The van der Waals surface area contributed by atoms with E-state index in [1.54, 1.807) is 0 Å². The maximum atomic E-state index is 2.25. The molecule has 0 saturated carbocycles. The van der Waals surface area contributed by atoms with Crippen molar-refractivity contribution in [2.75, 3.05) is 0 Å². The van der Waals surface area contributed by atoms with E-state index in [-0.39, 0.29) is 0 Å². The minimum absolute atomic E-state index is 1.29. The van der Waals surface area contributed by atoms with Crippen molar-refractivity contribution in [2.45, 2.75) is 118 Å². The fourth-order valence-electron chi connectivity index (χ4n) is 11.7. The minimum Gasteiger partial charge on any atom is -0.0620 e. The summed E-state index contributed by atoms with van der Waals surface area (Å²) in [6.07, 6.45) is 0. The molecule has 89 heavy (non-hydrogen) atoms. The highest BCUT2D eigenvalue weighted by Gasteiger charge is 2.09. The quantitative estimate of drug-likeness (QED) is 0.156. The van der Waals surface area contributed by atoms with Crippen LogP contribution in [-0.4, -0.2) is 0 Å². The van der Waals surface area contributed by atoms with Crippen molar-refractivity contribution in [1.29, 1.82) is 0 Å². The molecule has 0 unspecified atom stereocenters. The Kier molecular flexibility index (Phi) is 24.6. The zero-order valence-electron chi connectivity index (χ0n) is 56.3. The van der Waals surface area contributed by atoms with Crippen molar-refractivity contribution in [2.24, 2.45) is 0 Å². The maximum absolute atomic E-state index is 2.25. The van der Waals surface area contributed by atoms with Gasteiger partial charge in [-0.2, -0.15) is 0 Å². The van der Waals surface area contributed by atoms with E-state index >= 15 is 0 Å². The first-order valence-electron chi connectivity index (χ1n) is 31.5. The average molecular weight is 1160 g/mol. The molecule has 0 heterocycles. The van der Waals surface area contributed by atoms with Crippen molar-refractivity contribution in [1.82, 2.24) is 0 Å². The van der Waals surface area contributed by atoms with Gasteiger partial charge in [-0.15, -0.1) is 0 Å². The molecule has 0 saturated heterocycles. The summed E-state index contributed by atoms with van der Waals surface area (Å²) < 4.78 is 0. The van der Waals surface area contributed by atoms with Gasteiger partial charge in [0.25, 0.3) is 0 Å². The van der Waals surface area contributed by atoms with E-state index in [1.807, 2.05) is 0 Å². The third-order valence-corrected chi connectivity index (χ3v) is 16.0. The second-order valence-corrected chi connectivity index (χ2v) is 24.6. The second-order valence-electron chi connectivity index (χ2n) is 24.6. The highest BCUT2D eigenvalue weighted by Crippen LogP contribution is 2.31. The van der Waals surface area contributed by atoms with Crippen LogP contribution in [0, 0.1) is 118 Å². The van der Waals surface area contributed by atoms with E-state index in [2.05, 4.69) is 379 Å². The molecule has 0 bridgehead atoms. The van der Waals surface area contributed by atoms with Gasteiger partial charge in [0.1, 0.15) is 0 Å². The van der Waals surface area contributed by atoms with E-state index < -0.39 is 0 Å². The Balaban J connectivity index is 0.000000152. The zero-order valence-corrected chi connectivity index (χ0v) is 56.3. The summed E-state index contributed by atoms with van der Waals surface area (Å²) >= 11 is 0. The molecular weight excluding hydrogens is 1070 g/mol. The summed E-state index contributed by atoms with van der Waals surface area (Å²) in [6, 6.07) is 93.2. The first-order valence-corrected chi connectivity index (χ1v) is 31.5. The fourth-order valence-corrected chi connectivity index (χ4v) is 11.7. The van der Waals surface area contributed by atoms with Crippen LogP contribution in [0.1, 0.15) is 94.6 Å². The molecule has 0 N–H and O–H groups in total.